The van der Waals surface area contributed by atoms with E-state index in [4.69, 9.17) is 0 Å². The molecule has 3 rings (SSSR count). The molecule has 1 saturated heterocycles. The third-order valence-corrected chi connectivity index (χ3v) is 4.48. The van der Waals surface area contributed by atoms with Crippen LogP contribution in [0.2, 0.25) is 0 Å². The van der Waals surface area contributed by atoms with E-state index in [0.29, 0.717) is 18.5 Å². The van der Waals surface area contributed by atoms with Crippen LogP contribution in [0.25, 0.3) is 0 Å². The average Bonchev–Trinajstić information content (AvgIpc) is 2.94. The van der Waals surface area contributed by atoms with Gasteiger partial charge in [0.1, 0.15) is 0 Å². The Hall–Kier alpha value is -2.47. The van der Waals surface area contributed by atoms with Crippen LogP contribution >= 0.6 is 0 Å². The summed E-state index contributed by atoms with van der Waals surface area (Å²) in [6.45, 7) is 3.56. The fourth-order valence-electron chi connectivity index (χ4n) is 3.34. The summed E-state index contributed by atoms with van der Waals surface area (Å²) in [5.41, 5.74) is 2.84. The van der Waals surface area contributed by atoms with Crippen molar-refractivity contribution in [3.8, 4) is 0 Å². The molecule has 2 N–H and O–H groups in total. The molecule has 2 aromatic heterocycles. The number of carbonyl (C=O) groups is 1. The lowest BCUT2D eigenvalue weighted by molar-refractivity contribution is 0.243. The SMILES string of the molecule is Cc1cc(NC(=O)NC[C@@H]2CCN(C)[C@H]2c2cccnc2)ccn1. The molecule has 6 nitrogen and oxygen atoms in total. The topological polar surface area (TPSA) is 70.2 Å². The second-order valence-corrected chi connectivity index (χ2v) is 6.28. The lowest BCUT2D eigenvalue weighted by Crippen LogP contribution is -2.35. The van der Waals surface area contributed by atoms with Gasteiger partial charge in [0, 0.05) is 42.6 Å². The molecule has 3 heterocycles. The van der Waals surface area contributed by atoms with Crippen LogP contribution in [0.1, 0.15) is 23.7 Å². The van der Waals surface area contributed by atoms with Gasteiger partial charge in [-0.1, -0.05) is 6.07 Å². The highest BCUT2D eigenvalue weighted by Crippen LogP contribution is 2.35. The molecule has 126 valence electrons. The molecule has 1 fully saturated rings. The van der Waals surface area contributed by atoms with Crippen molar-refractivity contribution < 1.29 is 4.79 Å². The first kappa shape index (κ1) is 16.4. The standard InChI is InChI=1S/C18H23N5O/c1-13-10-16(5-8-20-13)22-18(24)21-12-15-6-9-23(2)17(15)14-4-3-7-19-11-14/h3-5,7-8,10-11,15,17H,6,9,12H2,1-2H3,(H2,20,21,22,24)/t15-,17-/m0/s1. The highest BCUT2D eigenvalue weighted by atomic mass is 16.2. The first-order chi connectivity index (χ1) is 11.6. The Bertz CT molecular complexity index is 691. The number of nitrogens with zero attached hydrogens (tertiary/aromatic N) is 3. The minimum absolute atomic E-state index is 0.180. The van der Waals surface area contributed by atoms with Crippen LogP contribution in [0, 0.1) is 12.8 Å². The molecule has 6 heteroatoms. The zero-order chi connectivity index (χ0) is 16.9. The van der Waals surface area contributed by atoms with E-state index in [0.717, 1.165) is 24.3 Å². The number of anilines is 1. The van der Waals surface area contributed by atoms with Gasteiger partial charge in [0.15, 0.2) is 0 Å². The van der Waals surface area contributed by atoms with Gasteiger partial charge in [-0.25, -0.2) is 4.79 Å². The van der Waals surface area contributed by atoms with Gasteiger partial charge in [-0.15, -0.1) is 0 Å². The summed E-state index contributed by atoms with van der Waals surface area (Å²) in [5, 5.41) is 5.85. The van der Waals surface area contributed by atoms with Crippen LogP contribution < -0.4 is 10.6 Å². The predicted molar refractivity (Wildman–Crippen MR) is 93.7 cm³/mol. The lowest BCUT2D eigenvalue weighted by Gasteiger charge is -2.25. The van der Waals surface area contributed by atoms with E-state index in [2.05, 4.69) is 38.6 Å². The Morgan fingerprint density at radius 3 is 3.00 bits per heavy atom. The Labute approximate surface area is 142 Å². The predicted octanol–water partition coefficient (Wildman–Crippen LogP) is 2.60. The molecule has 0 saturated carbocycles. The van der Waals surface area contributed by atoms with Gasteiger partial charge >= 0.3 is 6.03 Å². The molecule has 1 aliphatic rings. The first-order valence-corrected chi connectivity index (χ1v) is 8.21. The monoisotopic (exact) mass is 325 g/mol. The van der Waals surface area contributed by atoms with Gasteiger partial charge in [0.2, 0.25) is 0 Å². The quantitative estimate of drug-likeness (QED) is 0.906. The number of aryl methyl sites for hydroxylation is 1. The summed E-state index contributed by atoms with van der Waals surface area (Å²) < 4.78 is 0. The van der Waals surface area contributed by atoms with Gasteiger partial charge in [-0.2, -0.15) is 0 Å². The third-order valence-electron chi connectivity index (χ3n) is 4.48. The Balaban J connectivity index is 1.58. The summed E-state index contributed by atoms with van der Waals surface area (Å²) in [4.78, 5) is 22.8. The summed E-state index contributed by atoms with van der Waals surface area (Å²) in [6, 6.07) is 7.81. The van der Waals surface area contributed by atoms with Crippen molar-refractivity contribution in [2.24, 2.45) is 5.92 Å². The minimum atomic E-state index is -0.180. The third kappa shape index (κ3) is 3.89. The summed E-state index contributed by atoms with van der Waals surface area (Å²) in [5.74, 6) is 0.379. The van der Waals surface area contributed by atoms with Crippen molar-refractivity contribution in [1.82, 2.24) is 20.2 Å². The van der Waals surface area contributed by atoms with Gasteiger partial charge in [-0.05, 0) is 56.6 Å². The van der Waals surface area contributed by atoms with E-state index >= 15 is 0 Å². The van der Waals surface area contributed by atoms with Crippen molar-refractivity contribution in [1.29, 1.82) is 0 Å². The number of likely N-dealkylation sites (tertiary alicyclic amines) is 1. The molecule has 0 unspecified atom stereocenters. The number of rotatable bonds is 4. The number of hydrogen-bond acceptors (Lipinski definition) is 4. The van der Waals surface area contributed by atoms with Crippen LogP contribution in [0.3, 0.4) is 0 Å². The highest BCUT2D eigenvalue weighted by molar-refractivity contribution is 5.89. The van der Waals surface area contributed by atoms with Crippen LogP contribution in [0.4, 0.5) is 10.5 Å². The Morgan fingerprint density at radius 2 is 2.25 bits per heavy atom. The maximum Gasteiger partial charge on any atom is 0.319 e. The van der Waals surface area contributed by atoms with Crippen molar-refractivity contribution in [3.05, 3.63) is 54.1 Å². The molecule has 0 spiro atoms. The van der Waals surface area contributed by atoms with Crippen LogP contribution in [0.5, 0.6) is 0 Å². The average molecular weight is 325 g/mol. The smallest absolute Gasteiger partial charge is 0.319 e. The van der Waals surface area contributed by atoms with Crippen LogP contribution in [0.15, 0.2) is 42.9 Å². The largest absolute Gasteiger partial charge is 0.338 e. The number of nitrogens with one attached hydrogen (secondary N) is 2. The van der Waals surface area contributed by atoms with Crippen molar-refractivity contribution in [2.75, 3.05) is 25.5 Å². The van der Waals surface area contributed by atoms with E-state index < -0.39 is 0 Å². The van der Waals surface area contributed by atoms with E-state index in [1.807, 2.05) is 25.3 Å². The van der Waals surface area contributed by atoms with Crippen molar-refractivity contribution >= 4 is 11.7 Å². The number of amides is 2. The fraction of sp³-hybridized carbons (Fsp3) is 0.389. The molecule has 0 aromatic carbocycles. The minimum Gasteiger partial charge on any atom is -0.338 e. The molecular formula is C18H23N5O. The first-order valence-electron chi connectivity index (χ1n) is 8.21. The van der Waals surface area contributed by atoms with Crippen LogP contribution in [-0.4, -0.2) is 41.0 Å². The molecule has 1 aliphatic heterocycles. The van der Waals surface area contributed by atoms with E-state index in [1.54, 1.807) is 18.5 Å². The Morgan fingerprint density at radius 1 is 1.38 bits per heavy atom. The maximum atomic E-state index is 12.1. The summed E-state index contributed by atoms with van der Waals surface area (Å²) >= 11 is 0. The Kier molecular flexibility index (Phi) is 5.05. The molecule has 24 heavy (non-hydrogen) atoms. The number of pyridine rings is 2. The zero-order valence-electron chi connectivity index (χ0n) is 14.1. The normalized spacial score (nSPS) is 20.8. The number of aromatic nitrogens is 2. The number of urea groups is 1. The summed E-state index contributed by atoms with van der Waals surface area (Å²) in [6.07, 6.45) is 6.45. The number of hydrogen-bond donors (Lipinski definition) is 2. The molecule has 0 radical (unpaired) electrons. The fourth-order valence-corrected chi connectivity index (χ4v) is 3.34. The van der Waals surface area contributed by atoms with Gasteiger partial charge in [0.05, 0.1) is 0 Å². The lowest BCUT2D eigenvalue weighted by atomic mass is 9.95. The molecule has 0 bridgehead atoms. The zero-order valence-corrected chi connectivity index (χ0v) is 14.1. The molecular weight excluding hydrogens is 302 g/mol. The summed E-state index contributed by atoms with van der Waals surface area (Å²) in [7, 11) is 2.12. The van der Waals surface area contributed by atoms with Crippen molar-refractivity contribution in [3.63, 3.8) is 0 Å². The second kappa shape index (κ2) is 7.40. The van der Waals surface area contributed by atoms with Gasteiger partial charge in [0.25, 0.3) is 0 Å². The van der Waals surface area contributed by atoms with E-state index in [1.165, 1.54) is 5.56 Å². The highest BCUT2D eigenvalue weighted by Gasteiger charge is 2.33. The molecule has 0 aliphatic carbocycles. The molecule has 2 aromatic rings. The van der Waals surface area contributed by atoms with Gasteiger partial charge < -0.3 is 10.6 Å². The molecule has 2 atom stereocenters. The van der Waals surface area contributed by atoms with E-state index in [-0.39, 0.29) is 6.03 Å². The molecule has 2 amide bonds. The van der Waals surface area contributed by atoms with E-state index in [9.17, 15) is 4.79 Å². The van der Waals surface area contributed by atoms with Crippen LogP contribution in [-0.2, 0) is 0 Å². The maximum absolute atomic E-state index is 12.1. The number of carbonyl (C=O) groups excluding carboxylic acids is 1. The van der Waals surface area contributed by atoms with Gasteiger partial charge in [-0.3, -0.25) is 14.9 Å². The second-order valence-electron chi connectivity index (χ2n) is 6.28. The van der Waals surface area contributed by atoms with Crippen molar-refractivity contribution in [2.45, 2.75) is 19.4 Å².